The summed E-state index contributed by atoms with van der Waals surface area (Å²) in [6, 6.07) is 0. The molecule has 3 rings (SSSR count). The summed E-state index contributed by atoms with van der Waals surface area (Å²) >= 11 is 0. The molecule has 6 heteroatoms. The Kier molecular flexibility index (Phi) is 5.07. The molecular formula is C19H31N3O3. The zero-order valence-electron chi connectivity index (χ0n) is 15.6. The lowest BCUT2D eigenvalue weighted by Crippen LogP contribution is -2.57. The minimum Gasteiger partial charge on any atom is -0.411 e. The van der Waals surface area contributed by atoms with Gasteiger partial charge in [0.05, 0.1) is 11.6 Å². The molecule has 3 aliphatic rings. The monoisotopic (exact) mass is 349 g/mol. The Morgan fingerprint density at radius 3 is 2.56 bits per heavy atom. The van der Waals surface area contributed by atoms with Crippen molar-refractivity contribution in [1.82, 2.24) is 10.2 Å². The molecule has 2 amide bonds. The fourth-order valence-electron chi connectivity index (χ4n) is 4.45. The number of amides is 2. The minimum absolute atomic E-state index is 0.0533. The lowest BCUT2D eigenvalue weighted by atomic mass is 9.53. The molecule has 6 nitrogen and oxygen atoms in total. The second-order valence-electron chi connectivity index (χ2n) is 8.72. The van der Waals surface area contributed by atoms with E-state index in [1.165, 1.54) is 12.8 Å². The Hall–Kier alpha value is -1.59. The Balaban J connectivity index is 1.56. The van der Waals surface area contributed by atoms with Crippen molar-refractivity contribution in [1.29, 1.82) is 0 Å². The molecule has 2 aliphatic carbocycles. The van der Waals surface area contributed by atoms with Crippen molar-refractivity contribution in [3.63, 3.8) is 0 Å². The quantitative estimate of drug-likeness (QED) is 0.454. The van der Waals surface area contributed by atoms with Crippen molar-refractivity contribution in [2.24, 2.45) is 34.2 Å². The van der Waals surface area contributed by atoms with Gasteiger partial charge in [0.15, 0.2) is 0 Å². The van der Waals surface area contributed by atoms with Gasteiger partial charge in [-0.1, -0.05) is 19.0 Å². The number of nitrogens with zero attached hydrogens (tertiary/aromatic N) is 2. The summed E-state index contributed by atoms with van der Waals surface area (Å²) in [7, 11) is 0. The SMILES string of the molecule is C/C(=N\O)C1CC(C(=O)N2CCCC(C(=O)NCC3CC3)C2)C1(C)C. The van der Waals surface area contributed by atoms with Crippen LogP contribution in [0.15, 0.2) is 5.16 Å². The highest BCUT2D eigenvalue weighted by atomic mass is 16.4. The minimum atomic E-state index is -0.200. The van der Waals surface area contributed by atoms with Crippen molar-refractivity contribution >= 4 is 17.5 Å². The van der Waals surface area contributed by atoms with Gasteiger partial charge in [-0.2, -0.15) is 0 Å². The Morgan fingerprint density at radius 2 is 1.96 bits per heavy atom. The maximum atomic E-state index is 13.0. The van der Waals surface area contributed by atoms with E-state index < -0.39 is 0 Å². The molecule has 0 aromatic rings. The van der Waals surface area contributed by atoms with Crippen molar-refractivity contribution in [2.45, 2.75) is 52.9 Å². The highest BCUT2D eigenvalue weighted by Gasteiger charge is 2.54. The molecule has 1 aliphatic heterocycles. The summed E-state index contributed by atoms with van der Waals surface area (Å²) in [4.78, 5) is 27.2. The average molecular weight is 349 g/mol. The Labute approximate surface area is 150 Å². The standard InChI is InChI=1S/C19H31N3O3/c1-12(21-25)15-9-16(19(15,2)3)18(24)22-8-4-5-14(11-22)17(23)20-10-13-6-7-13/h13-16,25H,4-11H2,1-3H3,(H,20,23)/b21-12+. The van der Waals surface area contributed by atoms with Gasteiger partial charge in [0.25, 0.3) is 0 Å². The van der Waals surface area contributed by atoms with Gasteiger partial charge >= 0.3 is 0 Å². The van der Waals surface area contributed by atoms with E-state index in [0.29, 0.717) is 18.2 Å². The summed E-state index contributed by atoms with van der Waals surface area (Å²) in [6.07, 6.45) is 4.94. The van der Waals surface area contributed by atoms with Crippen LogP contribution in [-0.4, -0.2) is 47.3 Å². The average Bonchev–Trinajstić information content (AvgIpc) is 3.42. The van der Waals surface area contributed by atoms with Gasteiger partial charge < -0.3 is 15.4 Å². The number of hydrogen-bond donors (Lipinski definition) is 2. The van der Waals surface area contributed by atoms with Crippen LogP contribution in [0.2, 0.25) is 0 Å². The van der Waals surface area contributed by atoms with E-state index in [0.717, 1.165) is 32.4 Å². The lowest BCUT2D eigenvalue weighted by Gasteiger charge is -2.52. The number of oxime groups is 1. The Bertz CT molecular complexity index is 568. The first-order chi connectivity index (χ1) is 11.8. The summed E-state index contributed by atoms with van der Waals surface area (Å²) in [6.45, 7) is 8.04. The summed E-state index contributed by atoms with van der Waals surface area (Å²) in [5.41, 5.74) is 0.499. The number of hydrogen-bond acceptors (Lipinski definition) is 4. The summed E-state index contributed by atoms with van der Waals surface area (Å²) < 4.78 is 0. The second-order valence-corrected chi connectivity index (χ2v) is 8.72. The van der Waals surface area contributed by atoms with Gasteiger partial charge in [0.1, 0.15) is 0 Å². The molecule has 2 saturated carbocycles. The van der Waals surface area contributed by atoms with Gasteiger partial charge in [-0.3, -0.25) is 9.59 Å². The lowest BCUT2D eigenvalue weighted by molar-refractivity contribution is -0.151. The summed E-state index contributed by atoms with van der Waals surface area (Å²) in [5.74, 6) is 0.965. The van der Waals surface area contributed by atoms with Crippen LogP contribution < -0.4 is 5.32 Å². The van der Waals surface area contributed by atoms with Crippen LogP contribution in [0.3, 0.4) is 0 Å². The molecule has 1 heterocycles. The summed E-state index contributed by atoms with van der Waals surface area (Å²) in [5, 5.41) is 15.4. The van der Waals surface area contributed by atoms with Crippen molar-refractivity contribution in [3.8, 4) is 0 Å². The van der Waals surface area contributed by atoms with Crippen LogP contribution >= 0.6 is 0 Å². The molecule has 2 N–H and O–H groups in total. The molecule has 3 fully saturated rings. The molecule has 0 aromatic heterocycles. The molecule has 3 atom stereocenters. The molecule has 25 heavy (non-hydrogen) atoms. The number of nitrogens with one attached hydrogen (secondary N) is 1. The van der Waals surface area contributed by atoms with Crippen LogP contribution in [0.4, 0.5) is 0 Å². The van der Waals surface area contributed by atoms with Gasteiger partial charge in [0.2, 0.25) is 11.8 Å². The van der Waals surface area contributed by atoms with E-state index in [1.807, 2.05) is 11.8 Å². The van der Waals surface area contributed by atoms with Gasteiger partial charge in [-0.05, 0) is 50.4 Å². The van der Waals surface area contributed by atoms with E-state index in [9.17, 15) is 9.59 Å². The van der Waals surface area contributed by atoms with Gasteiger partial charge in [0, 0.05) is 31.5 Å². The van der Waals surface area contributed by atoms with E-state index in [1.54, 1.807) is 0 Å². The van der Waals surface area contributed by atoms with Crippen LogP contribution in [0.25, 0.3) is 0 Å². The predicted molar refractivity (Wildman–Crippen MR) is 95.3 cm³/mol. The van der Waals surface area contributed by atoms with Gasteiger partial charge in [-0.25, -0.2) is 0 Å². The first-order valence-electron chi connectivity index (χ1n) is 9.59. The fourth-order valence-corrected chi connectivity index (χ4v) is 4.45. The normalized spacial score (nSPS) is 32.0. The molecule has 0 spiro atoms. The maximum absolute atomic E-state index is 13.0. The number of likely N-dealkylation sites (tertiary alicyclic amines) is 1. The molecule has 140 valence electrons. The Morgan fingerprint density at radius 1 is 1.24 bits per heavy atom. The first kappa shape index (κ1) is 18.2. The van der Waals surface area contributed by atoms with Gasteiger partial charge in [-0.15, -0.1) is 0 Å². The third-order valence-corrected chi connectivity index (χ3v) is 6.59. The van der Waals surface area contributed by atoms with Crippen LogP contribution in [0.1, 0.15) is 52.9 Å². The highest BCUT2D eigenvalue weighted by Crippen LogP contribution is 2.52. The topological polar surface area (TPSA) is 82.0 Å². The van der Waals surface area contributed by atoms with Crippen molar-refractivity contribution in [2.75, 3.05) is 19.6 Å². The number of carbonyl (C=O) groups is 2. The van der Waals surface area contributed by atoms with E-state index in [-0.39, 0.29) is 35.0 Å². The third-order valence-electron chi connectivity index (χ3n) is 6.59. The fraction of sp³-hybridized carbons (Fsp3) is 0.842. The highest BCUT2D eigenvalue weighted by molar-refractivity contribution is 5.90. The van der Waals surface area contributed by atoms with Crippen LogP contribution in [0, 0.1) is 29.1 Å². The molecular weight excluding hydrogens is 318 g/mol. The van der Waals surface area contributed by atoms with E-state index in [4.69, 9.17) is 5.21 Å². The van der Waals surface area contributed by atoms with E-state index in [2.05, 4.69) is 24.3 Å². The molecule has 3 unspecified atom stereocenters. The molecule has 0 bridgehead atoms. The smallest absolute Gasteiger partial charge is 0.226 e. The van der Waals surface area contributed by atoms with Crippen LogP contribution in [-0.2, 0) is 9.59 Å². The van der Waals surface area contributed by atoms with Crippen molar-refractivity contribution < 1.29 is 14.8 Å². The third kappa shape index (κ3) is 3.67. The van der Waals surface area contributed by atoms with Crippen LogP contribution in [0.5, 0.6) is 0 Å². The zero-order chi connectivity index (χ0) is 18.2. The zero-order valence-corrected chi connectivity index (χ0v) is 15.6. The molecule has 0 aromatic carbocycles. The maximum Gasteiger partial charge on any atom is 0.226 e. The largest absolute Gasteiger partial charge is 0.411 e. The molecule has 0 radical (unpaired) electrons. The number of piperidine rings is 1. The molecule has 1 saturated heterocycles. The number of carbonyl (C=O) groups excluding carboxylic acids is 2. The van der Waals surface area contributed by atoms with E-state index >= 15 is 0 Å². The van der Waals surface area contributed by atoms with Crippen molar-refractivity contribution in [3.05, 3.63) is 0 Å². The first-order valence-corrected chi connectivity index (χ1v) is 9.59. The predicted octanol–water partition coefficient (Wildman–Crippen LogP) is 2.26. The number of rotatable bonds is 5. The second kappa shape index (κ2) is 6.96.